The van der Waals surface area contributed by atoms with E-state index in [1.165, 1.54) is 18.2 Å². The van der Waals surface area contributed by atoms with Crippen LogP contribution in [0.4, 0.5) is 45.6 Å². The Labute approximate surface area is 231 Å². The molecule has 0 saturated heterocycles. The van der Waals surface area contributed by atoms with Gasteiger partial charge >= 0.3 is 24.1 Å². The van der Waals surface area contributed by atoms with Gasteiger partial charge < -0.3 is 15.8 Å². The summed E-state index contributed by atoms with van der Waals surface area (Å²) in [5.74, 6) is -1.67. The molecule has 0 spiro atoms. The Balaban J connectivity index is 2.38. The minimum Gasteiger partial charge on any atom is -0.444 e. The van der Waals surface area contributed by atoms with Crippen molar-refractivity contribution in [3.05, 3.63) is 68.5 Å². The van der Waals surface area contributed by atoms with Crippen molar-refractivity contribution in [1.29, 1.82) is 0 Å². The first-order chi connectivity index (χ1) is 17.7. The maximum Gasteiger partial charge on any atom is 0.435 e. The highest BCUT2D eigenvalue weighted by atomic mass is 79.9. The summed E-state index contributed by atoms with van der Waals surface area (Å²) in [6.45, 7) is 4.97. The number of nitrogens with two attached hydrogens (primary N) is 1. The highest BCUT2D eigenvalue weighted by molar-refractivity contribution is 9.10. The van der Waals surface area contributed by atoms with Crippen molar-refractivity contribution in [1.82, 2.24) is 5.32 Å². The van der Waals surface area contributed by atoms with E-state index < -0.39 is 51.3 Å². The van der Waals surface area contributed by atoms with Gasteiger partial charge in [0.1, 0.15) is 17.1 Å². The summed E-state index contributed by atoms with van der Waals surface area (Å²) in [5.41, 5.74) is -2.76. The first-order valence-electron chi connectivity index (χ1n) is 10.7. The monoisotopic (exact) mass is 649 g/mol. The molecule has 2 aromatic rings. The fraction of sp³-hybridized carbons (Fsp3) is 0.333. The van der Waals surface area contributed by atoms with Crippen LogP contribution in [0.15, 0.2) is 46.0 Å². The predicted molar refractivity (Wildman–Crippen MR) is 134 cm³/mol. The van der Waals surface area contributed by atoms with Gasteiger partial charge in [0.05, 0.1) is 0 Å². The molecule has 39 heavy (non-hydrogen) atoms. The molecular weight excluding hydrogens is 630 g/mol. The van der Waals surface area contributed by atoms with E-state index >= 15 is 0 Å². The zero-order chi connectivity index (χ0) is 30.0. The minimum absolute atomic E-state index is 0.0540. The van der Waals surface area contributed by atoms with E-state index in [2.05, 4.69) is 26.2 Å². The second-order valence-corrected chi connectivity index (χ2v) is 10.2. The molecule has 0 heterocycles. The number of carbonyl (C=O) groups is 1. The van der Waals surface area contributed by atoms with E-state index in [1.807, 2.05) is 0 Å². The molecule has 0 saturated carbocycles. The van der Waals surface area contributed by atoms with Gasteiger partial charge in [-0.15, -0.1) is 0 Å². The summed E-state index contributed by atoms with van der Waals surface area (Å²) >= 11 is 8.82. The third-order valence-electron chi connectivity index (χ3n) is 4.91. The highest BCUT2D eigenvalue weighted by Crippen LogP contribution is 2.54. The van der Waals surface area contributed by atoms with Crippen molar-refractivity contribution in [3.63, 3.8) is 0 Å². The Morgan fingerprint density at radius 3 is 2.15 bits per heavy atom. The van der Waals surface area contributed by atoms with Crippen LogP contribution in [0.3, 0.4) is 0 Å². The number of hydrogen-bond acceptors (Lipinski definition) is 4. The van der Waals surface area contributed by atoms with Crippen molar-refractivity contribution in [3.8, 4) is 0 Å². The van der Waals surface area contributed by atoms with E-state index in [9.17, 15) is 39.9 Å². The zero-order valence-corrected chi connectivity index (χ0v) is 22.7. The lowest BCUT2D eigenvalue weighted by Crippen LogP contribution is -2.50. The number of alkyl halides is 7. The lowest BCUT2D eigenvalue weighted by Gasteiger charge is -2.30. The van der Waals surface area contributed by atoms with E-state index in [-0.39, 0.29) is 29.3 Å². The number of ether oxygens (including phenoxy) is 1. The standard InChI is InChI=1S/C24H21BrClF8N3O2/c1-21(2,3)39-20(38)37-10-13-6-12(4-5-17(13)26)14(9-35)11-36-19-16(25)7-15(8-18(19)27)22(28,23(29,30)31)24(32,33)34/h4-9,11H,10,35H2,1-3H3,(H,37,38). The van der Waals surface area contributed by atoms with E-state index in [4.69, 9.17) is 22.1 Å². The van der Waals surface area contributed by atoms with Crippen molar-refractivity contribution >= 4 is 51.1 Å². The Bertz CT molecular complexity index is 1250. The molecule has 0 aliphatic rings. The first kappa shape index (κ1) is 32.3. The molecule has 3 N–H and O–H groups in total. The SMILES string of the molecule is CC(C)(C)OC(=O)NCc1cc(C(C=Nc2c(F)cc(C(F)(C(F)(F)F)C(F)(F)F)cc2Br)=CN)ccc1Cl. The molecule has 0 aliphatic heterocycles. The number of alkyl carbamates (subject to hydrolysis) is 1. The number of halogens is 10. The Kier molecular flexibility index (Phi) is 9.71. The normalized spacial score (nSPS) is 13.6. The fourth-order valence-electron chi connectivity index (χ4n) is 3.10. The number of allylic oxidation sites excluding steroid dienone is 1. The van der Waals surface area contributed by atoms with Gasteiger partial charge in [0.15, 0.2) is 0 Å². The number of aliphatic imine (C=N–C) groups is 1. The van der Waals surface area contributed by atoms with Crippen LogP contribution < -0.4 is 11.1 Å². The predicted octanol–water partition coefficient (Wildman–Crippen LogP) is 8.26. The summed E-state index contributed by atoms with van der Waals surface area (Å²) in [4.78, 5) is 15.7. The van der Waals surface area contributed by atoms with Crippen molar-refractivity contribution in [2.75, 3.05) is 0 Å². The van der Waals surface area contributed by atoms with E-state index in [1.54, 1.807) is 20.8 Å². The van der Waals surface area contributed by atoms with Crippen LogP contribution in [0.1, 0.15) is 37.5 Å². The second kappa shape index (κ2) is 11.7. The molecule has 15 heteroatoms. The Morgan fingerprint density at radius 2 is 1.67 bits per heavy atom. The van der Waals surface area contributed by atoms with Crippen LogP contribution in [-0.4, -0.2) is 30.3 Å². The number of benzene rings is 2. The second-order valence-electron chi connectivity index (χ2n) is 8.98. The van der Waals surface area contributed by atoms with Crippen LogP contribution in [0.5, 0.6) is 0 Å². The van der Waals surface area contributed by atoms with Crippen molar-refractivity contribution in [2.24, 2.45) is 10.7 Å². The third-order valence-corrected chi connectivity index (χ3v) is 5.88. The molecule has 1 amide bonds. The quantitative estimate of drug-likeness (QED) is 0.244. The first-order valence-corrected chi connectivity index (χ1v) is 11.9. The van der Waals surface area contributed by atoms with Crippen LogP contribution in [-0.2, 0) is 17.0 Å². The van der Waals surface area contributed by atoms with E-state index in [0.29, 0.717) is 11.1 Å². The molecule has 214 valence electrons. The molecule has 2 aromatic carbocycles. The Morgan fingerprint density at radius 1 is 1.08 bits per heavy atom. The third kappa shape index (κ3) is 7.62. The summed E-state index contributed by atoms with van der Waals surface area (Å²) in [7, 11) is 0. The number of rotatable bonds is 6. The molecule has 0 atom stereocenters. The molecule has 0 aliphatic carbocycles. The average Bonchev–Trinajstić information content (AvgIpc) is 2.77. The molecule has 5 nitrogen and oxygen atoms in total. The van der Waals surface area contributed by atoms with Crippen LogP contribution in [0, 0.1) is 5.82 Å². The van der Waals surface area contributed by atoms with Gasteiger partial charge in [0.2, 0.25) is 0 Å². The number of hydrogen-bond donors (Lipinski definition) is 2. The summed E-state index contributed by atoms with van der Waals surface area (Å²) in [5, 5.41) is 2.78. The van der Waals surface area contributed by atoms with Gasteiger partial charge in [-0.1, -0.05) is 17.7 Å². The molecule has 0 radical (unpaired) electrons. The van der Waals surface area contributed by atoms with Gasteiger partial charge in [-0.3, -0.25) is 4.99 Å². The van der Waals surface area contributed by atoms with Crippen LogP contribution in [0.25, 0.3) is 5.57 Å². The minimum atomic E-state index is -6.41. The Hall–Kier alpha value is -2.87. The molecule has 0 bridgehead atoms. The maximum absolute atomic E-state index is 14.6. The molecular formula is C24H21BrClF8N3O2. The lowest BCUT2D eigenvalue weighted by atomic mass is 9.94. The van der Waals surface area contributed by atoms with Gasteiger partial charge in [-0.2, -0.15) is 26.3 Å². The average molecular weight is 651 g/mol. The number of carbonyl (C=O) groups excluding carboxylic acids is 1. The van der Waals surface area contributed by atoms with Gasteiger partial charge in [0.25, 0.3) is 0 Å². The fourth-order valence-corrected chi connectivity index (χ4v) is 3.82. The van der Waals surface area contributed by atoms with Crippen molar-refractivity contribution in [2.45, 2.75) is 50.9 Å². The number of nitrogens with zero attached hydrogens (tertiary/aromatic N) is 1. The maximum atomic E-state index is 14.6. The highest BCUT2D eigenvalue weighted by Gasteiger charge is 2.73. The lowest BCUT2D eigenvalue weighted by molar-refractivity contribution is -0.348. The molecule has 0 aromatic heterocycles. The van der Waals surface area contributed by atoms with E-state index in [0.717, 1.165) is 12.4 Å². The largest absolute Gasteiger partial charge is 0.444 e. The van der Waals surface area contributed by atoms with Gasteiger partial charge in [0, 0.05) is 39.6 Å². The molecule has 0 fully saturated rings. The summed E-state index contributed by atoms with van der Waals surface area (Å²) in [6.07, 6.45) is -11.5. The van der Waals surface area contributed by atoms with Gasteiger partial charge in [-0.05, 0) is 72.1 Å². The van der Waals surface area contributed by atoms with Crippen molar-refractivity contribution < 1.29 is 44.7 Å². The zero-order valence-electron chi connectivity index (χ0n) is 20.4. The van der Waals surface area contributed by atoms with Gasteiger partial charge in [-0.25, -0.2) is 13.6 Å². The van der Waals surface area contributed by atoms with Crippen LogP contribution >= 0.6 is 27.5 Å². The molecule has 0 unspecified atom stereocenters. The van der Waals surface area contributed by atoms with Crippen LogP contribution in [0.2, 0.25) is 5.02 Å². The molecule has 2 rings (SSSR count). The number of nitrogens with one attached hydrogen (secondary N) is 1. The summed E-state index contributed by atoms with van der Waals surface area (Å²) in [6, 6.07) is 4.37. The topological polar surface area (TPSA) is 76.7 Å². The number of amides is 1. The smallest absolute Gasteiger partial charge is 0.435 e. The summed E-state index contributed by atoms with van der Waals surface area (Å²) < 4.78 is 112.